The smallest absolute Gasteiger partial charge is 0.0922 e. The predicted molar refractivity (Wildman–Crippen MR) is 88.4 cm³/mol. The highest BCUT2D eigenvalue weighted by atomic mass is 16.3. The van der Waals surface area contributed by atoms with Crippen molar-refractivity contribution in [3.8, 4) is 0 Å². The molecule has 0 saturated heterocycles. The average Bonchev–Trinajstić information content (AvgIpc) is 2.99. The van der Waals surface area contributed by atoms with Crippen LogP contribution in [0, 0.1) is 5.92 Å². The van der Waals surface area contributed by atoms with Gasteiger partial charge < -0.3 is 10.0 Å². The summed E-state index contributed by atoms with van der Waals surface area (Å²) in [5.41, 5.74) is 1.05. The summed E-state index contributed by atoms with van der Waals surface area (Å²) >= 11 is 0. The van der Waals surface area contributed by atoms with Crippen LogP contribution in [0.1, 0.15) is 37.4 Å². The Balaban J connectivity index is 1.70. The van der Waals surface area contributed by atoms with Crippen molar-refractivity contribution in [2.24, 2.45) is 5.92 Å². The molecule has 2 nitrogen and oxygen atoms in total. The molecule has 21 heavy (non-hydrogen) atoms. The lowest BCUT2D eigenvalue weighted by molar-refractivity contribution is 0.120. The van der Waals surface area contributed by atoms with E-state index in [0.29, 0.717) is 6.54 Å². The van der Waals surface area contributed by atoms with Gasteiger partial charge in [-0.3, -0.25) is 0 Å². The zero-order chi connectivity index (χ0) is 14.7. The van der Waals surface area contributed by atoms with E-state index in [9.17, 15) is 5.11 Å². The van der Waals surface area contributed by atoms with Crippen LogP contribution in [0.3, 0.4) is 0 Å². The average molecular weight is 283 g/mol. The molecule has 0 aromatic heterocycles. The molecule has 3 rings (SSSR count). The Labute approximate surface area is 127 Å². The molecule has 1 N–H and O–H groups in total. The topological polar surface area (TPSA) is 23.5 Å². The molecule has 1 saturated carbocycles. The van der Waals surface area contributed by atoms with Gasteiger partial charge in [0.2, 0.25) is 0 Å². The van der Waals surface area contributed by atoms with Crippen LogP contribution in [0.2, 0.25) is 0 Å². The highest BCUT2D eigenvalue weighted by Crippen LogP contribution is 2.27. The summed E-state index contributed by atoms with van der Waals surface area (Å²) in [5, 5.41) is 13.0. The summed E-state index contributed by atoms with van der Waals surface area (Å²) < 4.78 is 0. The van der Waals surface area contributed by atoms with Gasteiger partial charge in [-0.25, -0.2) is 0 Å². The van der Waals surface area contributed by atoms with Crippen molar-refractivity contribution in [2.45, 2.75) is 31.8 Å². The van der Waals surface area contributed by atoms with Crippen LogP contribution in [-0.4, -0.2) is 30.1 Å². The molecule has 0 aliphatic heterocycles. The van der Waals surface area contributed by atoms with E-state index in [1.165, 1.54) is 36.5 Å². The van der Waals surface area contributed by atoms with Crippen LogP contribution in [0.25, 0.3) is 10.8 Å². The molecule has 1 unspecified atom stereocenters. The van der Waals surface area contributed by atoms with Gasteiger partial charge in [-0.2, -0.15) is 0 Å². The van der Waals surface area contributed by atoms with Crippen molar-refractivity contribution in [2.75, 3.05) is 20.1 Å². The molecule has 0 amide bonds. The minimum Gasteiger partial charge on any atom is -0.387 e. The molecule has 1 aliphatic rings. The monoisotopic (exact) mass is 283 g/mol. The van der Waals surface area contributed by atoms with E-state index in [4.69, 9.17) is 0 Å². The van der Waals surface area contributed by atoms with Gasteiger partial charge >= 0.3 is 0 Å². The highest BCUT2D eigenvalue weighted by molar-refractivity contribution is 5.85. The quantitative estimate of drug-likeness (QED) is 0.896. The third kappa shape index (κ3) is 3.45. The fraction of sp³-hybridized carbons (Fsp3) is 0.474. The lowest BCUT2D eigenvalue weighted by Gasteiger charge is -2.24. The molecule has 2 aromatic carbocycles. The third-order valence-electron chi connectivity index (χ3n) is 4.71. The maximum atomic E-state index is 10.6. The van der Waals surface area contributed by atoms with Gasteiger partial charge in [0.1, 0.15) is 0 Å². The summed E-state index contributed by atoms with van der Waals surface area (Å²) in [6.07, 6.45) is 5.06. The zero-order valence-electron chi connectivity index (χ0n) is 12.8. The van der Waals surface area contributed by atoms with E-state index >= 15 is 0 Å². The molecule has 0 spiro atoms. The van der Waals surface area contributed by atoms with Crippen molar-refractivity contribution >= 4 is 10.8 Å². The van der Waals surface area contributed by atoms with Gasteiger partial charge in [-0.1, -0.05) is 55.3 Å². The minimum atomic E-state index is -0.414. The molecule has 1 aliphatic carbocycles. The van der Waals surface area contributed by atoms with E-state index in [1.54, 1.807) is 0 Å². The molecule has 2 heteroatoms. The predicted octanol–water partition coefficient (Wildman–Crippen LogP) is 4.00. The Bertz CT molecular complexity index is 584. The number of aliphatic hydroxyl groups is 1. The first-order valence-corrected chi connectivity index (χ1v) is 8.08. The lowest BCUT2D eigenvalue weighted by atomic mass is 10.00. The fourth-order valence-corrected chi connectivity index (χ4v) is 3.64. The normalized spacial score (nSPS) is 17.7. The minimum absolute atomic E-state index is 0.414. The van der Waals surface area contributed by atoms with Gasteiger partial charge in [-0.05, 0) is 42.1 Å². The Hall–Kier alpha value is -1.38. The number of aliphatic hydroxyl groups excluding tert-OH is 1. The van der Waals surface area contributed by atoms with E-state index < -0.39 is 6.10 Å². The molecule has 2 aromatic rings. The highest BCUT2D eigenvalue weighted by Gasteiger charge is 2.19. The maximum Gasteiger partial charge on any atom is 0.0922 e. The van der Waals surface area contributed by atoms with E-state index in [-0.39, 0.29) is 0 Å². The van der Waals surface area contributed by atoms with Crippen LogP contribution >= 0.6 is 0 Å². The number of fused-ring (bicyclic) bond motifs is 1. The number of likely N-dealkylation sites (N-methyl/N-ethyl adjacent to an activating group) is 1. The molecular formula is C19H25NO. The van der Waals surface area contributed by atoms with Crippen molar-refractivity contribution in [3.05, 3.63) is 48.0 Å². The zero-order valence-corrected chi connectivity index (χ0v) is 12.8. The van der Waals surface area contributed by atoms with E-state index in [0.717, 1.165) is 18.0 Å². The van der Waals surface area contributed by atoms with Crippen LogP contribution in [0.15, 0.2) is 42.5 Å². The standard InChI is InChI=1S/C19H25NO/c1-20(13-15-7-2-3-8-15)14-19(21)18-12-6-10-16-9-4-5-11-17(16)18/h4-6,9-12,15,19,21H,2-3,7-8,13-14H2,1H3. The van der Waals surface area contributed by atoms with Crippen LogP contribution < -0.4 is 0 Å². The third-order valence-corrected chi connectivity index (χ3v) is 4.71. The van der Waals surface area contributed by atoms with Crippen molar-refractivity contribution in [1.29, 1.82) is 0 Å². The number of hydrogen-bond donors (Lipinski definition) is 1. The fourth-order valence-electron chi connectivity index (χ4n) is 3.64. The molecule has 112 valence electrons. The van der Waals surface area contributed by atoms with Gasteiger partial charge in [-0.15, -0.1) is 0 Å². The summed E-state index contributed by atoms with van der Waals surface area (Å²) in [4.78, 5) is 2.29. The molecule has 0 bridgehead atoms. The summed E-state index contributed by atoms with van der Waals surface area (Å²) in [6, 6.07) is 14.5. The van der Waals surface area contributed by atoms with Gasteiger partial charge in [0.05, 0.1) is 6.10 Å². The van der Waals surface area contributed by atoms with Crippen LogP contribution in [0.5, 0.6) is 0 Å². The largest absolute Gasteiger partial charge is 0.387 e. The maximum absolute atomic E-state index is 10.6. The first-order valence-electron chi connectivity index (χ1n) is 8.08. The Kier molecular flexibility index (Phi) is 4.57. The molecule has 0 heterocycles. The molecular weight excluding hydrogens is 258 g/mol. The van der Waals surface area contributed by atoms with Crippen molar-refractivity contribution in [3.63, 3.8) is 0 Å². The second-order valence-electron chi connectivity index (χ2n) is 6.46. The number of hydrogen-bond acceptors (Lipinski definition) is 2. The van der Waals surface area contributed by atoms with Gasteiger partial charge in [0.25, 0.3) is 0 Å². The molecule has 1 atom stereocenters. The van der Waals surface area contributed by atoms with Gasteiger partial charge in [0.15, 0.2) is 0 Å². The summed E-state index contributed by atoms with van der Waals surface area (Å²) in [7, 11) is 2.13. The first kappa shape index (κ1) is 14.6. The summed E-state index contributed by atoms with van der Waals surface area (Å²) in [6.45, 7) is 1.83. The van der Waals surface area contributed by atoms with Crippen molar-refractivity contribution < 1.29 is 5.11 Å². The van der Waals surface area contributed by atoms with Crippen molar-refractivity contribution in [1.82, 2.24) is 4.90 Å². The number of nitrogens with zero attached hydrogens (tertiary/aromatic N) is 1. The van der Waals surface area contributed by atoms with Gasteiger partial charge in [0, 0.05) is 13.1 Å². The summed E-state index contributed by atoms with van der Waals surface area (Å²) in [5.74, 6) is 0.828. The van der Waals surface area contributed by atoms with E-state index in [1.807, 2.05) is 18.2 Å². The number of benzene rings is 2. The lowest BCUT2D eigenvalue weighted by Crippen LogP contribution is -2.29. The number of rotatable bonds is 5. The Morgan fingerprint density at radius 1 is 1.10 bits per heavy atom. The second kappa shape index (κ2) is 6.59. The molecule has 1 fully saturated rings. The first-order chi connectivity index (χ1) is 10.2. The van der Waals surface area contributed by atoms with Crippen LogP contribution in [-0.2, 0) is 0 Å². The van der Waals surface area contributed by atoms with E-state index in [2.05, 4.69) is 36.2 Å². The Morgan fingerprint density at radius 3 is 2.62 bits per heavy atom. The molecule has 0 radical (unpaired) electrons. The van der Waals surface area contributed by atoms with Crippen LogP contribution in [0.4, 0.5) is 0 Å². The second-order valence-corrected chi connectivity index (χ2v) is 6.46. The SMILES string of the molecule is CN(CC1CCCC1)CC(O)c1cccc2ccccc12. The Morgan fingerprint density at radius 2 is 1.81 bits per heavy atom.